The van der Waals surface area contributed by atoms with Crippen LogP contribution in [0.2, 0.25) is 0 Å². The number of hydrogen-bond donors (Lipinski definition) is 1. The smallest absolute Gasteiger partial charge is 0.356 e. The molecule has 0 amide bonds. The van der Waals surface area contributed by atoms with Crippen LogP contribution in [-0.4, -0.2) is 25.0 Å². The van der Waals surface area contributed by atoms with Crippen LogP contribution < -0.4 is 5.32 Å². The minimum absolute atomic E-state index is 0.339. The minimum atomic E-state index is -5.48. The molecule has 2 nitrogen and oxygen atoms in total. The molecule has 1 aromatic rings. The van der Waals surface area contributed by atoms with Crippen LogP contribution in [0.1, 0.15) is 22.2 Å². The summed E-state index contributed by atoms with van der Waals surface area (Å²) in [6, 6.07) is 1.56. The van der Waals surface area contributed by atoms with Crippen LogP contribution in [-0.2, 0) is 17.9 Å². The molecule has 0 aliphatic rings. The second-order valence-corrected chi connectivity index (χ2v) is 5.69. The first kappa shape index (κ1) is 18.2. The molecule has 0 saturated heterocycles. The molecule has 0 radical (unpaired) electrons. The number of nitrogens with one attached hydrogen (secondary N) is 1. The second kappa shape index (κ2) is 6.97. The summed E-state index contributed by atoms with van der Waals surface area (Å²) in [7, 11) is 0. The maximum Gasteiger partial charge on any atom is 0.423 e. The molecule has 0 aromatic carbocycles. The van der Waals surface area contributed by atoms with Crippen LogP contribution in [0.3, 0.4) is 0 Å². The van der Waals surface area contributed by atoms with Gasteiger partial charge in [0.05, 0.1) is 6.61 Å². The van der Waals surface area contributed by atoms with E-state index in [2.05, 4.69) is 10.1 Å². The van der Waals surface area contributed by atoms with Crippen molar-refractivity contribution in [2.45, 2.75) is 45.5 Å². The summed E-state index contributed by atoms with van der Waals surface area (Å²) in [5.74, 6) is 0. The third kappa shape index (κ3) is 5.48. The third-order valence-corrected chi connectivity index (χ3v) is 3.71. The van der Waals surface area contributed by atoms with Crippen LogP contribution in [0.4, 0.5) is 26.3 Å². The van der Waals surface area contributed by atoms with Gasteiger partial charge in [0.2, 0.25) is 6.10 Å². The number of halogens is 6. The van der Waals surface area contributed by atoms with Gasteiger partial charge in [0.25, 0.3) is 0 Å². The summed E-state index contributed by atoms with van der Waals surface area (Å²) < 4.78 is 78.1. The van der Waals surface area contributed by atoms with Gasteiger partial charge >= 0.3 is 12.4 Å². The Morgan fingerprint density at radius 1 is 1.19 bits per heavy atom. The van der Waals surface area contributed by atoms with E-state index in [0.717, 1.165) is 4.88 Å². The molecule has 9 heteroatoms. The highest BCUT2D eigenvalue weighted by molar-refractivity contribution is 7.12. The SMILES string of the molecule is CCNCc1cc(COC(C(F)(F)F)C(F)(F)F)c(C)s1. The monoisotopic (exact) mass is 335 g/mol. The third-order valence-electron chi connectivity index (χ3n) is 2.62. The predicted octanol–water partition coefficient (Wildman–Crippen LogP) is 4.18. The van der Waals surface area contributed by atoms with Crippen molar-refractivity contribution < 1.29 is 31.1 Å². The number of aryl methyl sites for hydroxylation is 1. The van der Waals surface area contributed by atoms with E-state index < -0.39 is 25.1 Å². The van der Waals surface area contributed by atoms with Crippen molar-refractivity contribution in [1.29, 1.82) is 0 Å². The highest BCUT2D eigenvalue weighted by Gasteiger charge is 2.57. The fourth-order valence-electron chi connectivity index (χ4n) is 1.61. The molecule has 21 heavy (non-hydrogen) atoms. The quantitative estimate of drug-likeness (QED) is 0.788. The van der Waals surface area contributed by atoms with Gasteiger partial charge in [-0.15, -0.1) is 11.3 Å². The molecule has 0 fully saturated rings. The van der Waals surface area contributed by atoms with Gasteiger partial charge in [0.15, 0.2) is 0 Å². The molecule has 0 bridgehead atoms. The van der Waals surface area contributed by atoms with E-state index in [1.54, 1.807) is 13.0 Å². The van der Waals surface area contributed by atoms with Crippen molar-refractivity contribution in [3.63, 3.8) is 0 Å². The van der Waals surface area contributed by atoms with Gasteiger partial charge < -0.3 is 10.1 Å². The number of thiophene rings is 1. The number of ether oxygens (including phenoxy) is 1. The molecule has 0 saturated carbocycles. The Morgan fingerprint density at radius 3 is 2.24 bits per heavy atom. The molecule has 1 rings (SSSR count). The maximum atomic E-state index is 12.3. The summed E-state index contributed by atoms with van der Waals surface area (Å²) in [6.07, 6.45) is -14.7. The van der Waals surface area contributed by atoms with Gasteiger partial charge in [0.1, 0.15) is 0 Å². The summed E-state index contributed by atoms with van der Waals surface area (Å²) >= 11 is 1.32. The largest absolute Gasteiger partial charge is 0.423 e. The zero-order valence-corrected chi connectivity index (χ0v) is 12.2. The first-order chi connectivity index (χ1) is 9.55. The van der Waals surface area contributed by atoms with Crippen molar-refractivity contribution in [3.8, 4) is 0 Å². The molecule has 122 valence electrons. The van der Waals surface area contributed by atoms with E-state index in [4.69, 9.17) is 0 Å². The highest BCUT2D eigenvalue weighted by Crippen LogP contribution is 2.36. The summed E-state index contributed by atoms with van der Waals surface area (Å²) in [5.41, 5.74) is 0.339. The standard InChI is InChI=1S/C12H15F6NOS/c1-3-19-5-9-4-8(7(2)21-9)6-20-10(11(13,14)15)12(16,17)18/h4,10,19H,3,5-6H2,1-2H3. The molecule has 0 aliphatic carbocycles. The number of rotatable bonds is 6. The summed E-state index contributed by atoms with van der Waals surface area (Å²) in [6.45, 7) is 4.03. The molecule has 0 unspecified atom stereocenters. The first-order valence-electron chi connectivity index (χ1n) is 6.09. The number of alkyl halides is 6. The fourth-order valence-corrected chi connectivity index (χ4v) is 2.63. The Morgan fingerprint density at radius 2 is 1.76 bits per heavy atom. The van der Waals surface area contributed by atoms with Crippen molar-refractivity contribution >= 4 is 11.3 Å². The van der Waals surface area contributed by atoms with Crippen molar-refractivity contribution in [1.82, 2.24) is 5.32 Å². The Hall–Kier alpha value is -0.800. The van der Waals surface area contributed by atoms with Crippen molar-refractivity contribution in [2.75, 3.05) is 6.54 Å². The van der Waals surface area contributed by atoms with Crippen LogP contribution >= 0.6 is 11.3 Å². The average Bonchev–Trinajstić information content (AvgIpc) is 2.64. The van der Waals surface area contributed by atoms with E-state index in [9.17, 15) is 26.3 Å². The summed E-state index contributed by atoms with van der Waals surface area (Å²) in [5, 5.41) is 3.03. The second-order valence-electron chi connectivity index (χ2n) is 4.35. The molecular formula is C12H15F6NOS. The maximum absolute atomic E-state index is 12.3. The molecule has 0 atom stereocenters. The zero-order chi connectivity index (χ0) is 16.3. The lowest BCUT2D eigenvalue weighted by molar-refractivity contribution is -0.324. The molecule has 0 aliphatic heterocycles. The van der Waals surface area contributed by atoms with E-state index in [0.29, 0.717) is 23.5 Å². The number of hydrogen-bond acceptors (Lipinski definition) is 3. The van der Waals surface area contributed by atoms with Gasteiger partial charge in [0, 0.05) is 16.3 Å². The van der Waals surface area contributed by atoms with Crippen molar-refractivity contribution in [2.24, 2.45) is 0 Å². The van der Waals surface area contributed by atoms with E-state index >= 15 is 0 Å². The average molecular weight is 335 g/mol. The lowest BCUT2D eigenvalue weighted by Gasteiger charge is -2.23. The van der Waals surface area contributed by atoms with E-state index in [-0.39, 0.29) is 0 Å². The summed E-state index contributed by atoms with van der Waals surface area (Å²) in [4.78, 5) is 1.48. The van der Waals surface area contributed by atoms with Crippen LogP contribution in [0.15, 0.2) is 6.07 Å². The van der Waals surface area contributed by atoms with Crippen LogP contribution in [0.5, 0.6) is 0 Å². The molecule has 1 N–H and O–H groups in total. The minimum Gasteiger partial charge on any atom is -0.356 e. The van der Waals surface area contributed by atoms with E-state index in [1.165, 1.54) is 11.3 Å². The van der Waals surface area contributed by atoms with E-state index in [1.807, 2.05) is 6.92 Å². The lowest BCUT2D eigenvalue weighted by Crippen LogP contribution is -2.44. The predicted molar refractivity (Wildman–Crippen MR) is 67.1 cm³/mol. The fraction of sp³-hybridized carbons (Fsp3) is 0.667. The molecule has 1 aromatic heterocycles. The molecule has 1 heterocycles. The Kier molecular flexibility index (Phi) is 6.06. The van der Waals surface area contributed by atoms with Gasteiger partial charge in [-0.05, 0) is 25.1 Å². The van der Waals surface area contributed by atoms with Crippen molar-refractivity contribution in [3.05, 3.63) is 21.4 Å². The normalized spacial score (nSPS) is 13.2. The molecular weight excluding hydrogens is 320 g/mol. The first-order valence-corrected chi connectivity index (χ1v) is 6.91. The van der Waals surface area contributed by atoms with Crippen LogP contribution in [0, 0.1) is 6.92 Å². The van der Waals surface area contributed by atoms with Crippen LogP contribution in [0.25, 0.3) is 0 Å². The van der Waals surface area contributed by atoms with Gasteiger partial charge in [-0.1, -0.05) is 6.92 Å². The Bertz CT molecular complexity index is 440. The zero-order valence-electron chi connectivity index (χ0n) is 11.4. The Balaban J connectivity index is 2.75. The Labute approximate surface area is 122 Å². The van der Waals surface area contributed by atoms with Gasteiger partial charge in [-0.25, -0.2) is 0 Å². The molecule has 0 spiro atoms. The van der Waals surface area contributed by atoms with Gasteiger partial charge in [-0.2, -0.15) is 26.3 Å². The highest BCUT2D eigenvalue weighted by atomic mass is 32.1. The topological polar surface area (TPSA) is 21.3 Å². The van der Waals surface area contributed by atoms with Gasteiger partial charge in [-0.3, -0.25) is 0 Å². The lowest BCUT2D eigenvalue weighted by atomic mass is 10.2.